The Morgan fingerprint density at radius 3 is 2.67 bits per heavy atom. The van der Waals surface area contributed by atoms with Crippen LogP contribution < -0.4 is 0 Å². The van der Waals surface area contributed by atoms with Gasteiger partial charge in [0.1, 0.15) is 0 Å². The van der Waals surface area contributed by atoms with Crippen molar-refractivity contribution < 1.29 is 0 Å². The predicted molar refractivity (Wildman–Crippen MR) is 71.6 cm³/mol. The van der Waals surface area contributed by atoms with Gasteiger partial charge in [-0.15, -0.1) is 11.6 Å². The minimum Gasteiger partial charge on any atom is -0.123 e. The van der Waals surface area contributed by atoms with E-state index in [2.05, 4.69) is 54.0 Å². The van der Waals surface area contributed by atoms with Crippen molar-refractivity contribution in [3.8, 4) is 0 Å². The third kappa shape index (κ3) is 5.58. The molecule has 0 nitrogen and oxygen atoms in total. The maximum Gasteiger partial charge on any atom is 0.0341 e. The minimum absolute atomic E-state index is 0.309. The summed E-state index contributed by atoms with van der Waals surface area (Å²) in [6, 6.07) is 8.45. The quantitative estimate of drug-likeness (QED) is 0.667. The normalized spacial score (nSPS) is 13.1. The molecule has 1 aromatic carbocycles. The molecule has 15 heavy (non-hydrogen) atoms. The third-order valence-corrected chi connectivity index (χ3v) is 3.25. The number of rotatable bonds is 5. The van der Waals surface area contributed by atoms with Gasteiger partial charge >= 0.3 is 0 Å². The van der Waals surface area contributed by atoms with Crippen LogP contribution in [0.5, 0.6) is 0 Å². The molecule has 0 bridgehead atoms. The van der Waals surface area contributed by atoms with Crippen molar-refractivity contribution in [2.45, 2.75) is 38.5 Å². The zero-order valence-electron chi connectivity index (χ0n) is 9.34. The standard InChI is InChI=1S/C13H18BrCl/c1-10(2)8-13(15)7-6-11-4-3-5-12(14)9-11/h3-5,9-10,13H,6-8H2,1-2H3. The molecule has 0 amide bonds. The SMILES string of the molecule is CC(C)CC(Cl)CCc1cccc(Br)c1. The maximum atomic E-state index is 6.25. The molecule has 2 heteroatoms. The van der Waals surface area contributed by atoms with Crippen molar-refractivity contribution in [3.63, 3.8) is 0 Å². The third-order valence-electron chi connectivity index (χ3n) is 2.36. The topological polar surface area (TPSA) is 0 Å². The summed E-state index contributed by atoms with van der Waals surface area (Å²) in [4.78, 5) is 0. The Hall–Kier alpha value is -0.0100. The van der Waals surface area contributed by atoms with Gasteiger partial charge in [-0.3, -0.25) is 0 Å². The van der Waals surface area contributed by atoms with E-state index >= 15 is 0 Å². The van der Waals surface area contributed by atoms with Gasteiger partial charge in [0, 0.05) is 9.85 Å². The first-order valence-electron chi connectivity index (χ1n) is 5.46. The van der Waals surface area contributed by atoms with Gasteiger partial charge in [0.2, 0.25) is 0 Å². The van der Waals surface area contributed by atoms with Gasteiger partial charge in [-0.05, 0) is 42.9 Å². The second-order valence-electron chi connectivity index (χ2n) is 4.40. The number of alkyl halides is 1. The molecule has 0 aliphatic rings. The molecule has 0 aliphatic heterocycles. The highest BCUT2D eigenvalue weighted by Crippen LogP contribution is 2.18. The lowest BCUT2D eigenvalue weighted by Gasteiger charge is -2.11. The number of hydrogen-bond acceptors (Lipinski definition) is 0. The number of halogens is 2. The van der Waals surface area contributed by atoms with Crippen LogP contribution in [-0.4, -0.2) is 5.38 Å². The molecule has 1 rings (SSSR count). The van der Waals surface area contributed by atoms with Gasteiger partial charge in [0.05, 0.1) is 0 Å². The molecule has 0 spiro atoms. The maximum absolute atomic E-state index is 6.25. The molecule has 0 aromatic heterocycles. The monoisotopic (exact) mass is 288 g/mol. The Bertz CT molecular complexity index is 296. The van der Waals surface area contributed by atoms with Crippen LogP contribution in [0.3, 0.4) is 0 Å². The first-order valence-corrected chi connectivity index (χ1v) is 6.69. The first kappa shape index (κ1) is 13.1. The van der Waals surface area contributed by atoms with E-state index < -0.39 is 0 Å². The smallest absolute Gasteiger partial charge is 0.0341 e. The average Bonchev–Trinajstić information content (AvgIpc) is 2.14. The van der Waals surface area contributed by atoms with E-state index in [1.165, 1.54) is 5.56 Å². The van der Waals surface area contributed by atoms with Gasteiger partial charge in [-0.1, -0.05) is 41.9 Å². The zero-order valence-corrected chi connectivity index (χ0v) is 11.7. The van der Waals surface area contributed by atoms with E-state index in [9.17, 15) is 0 Å². The van der Waals surface area contributed by atoms with E-state index in [0.717, 1.165) is 23.7 Å². The highest BCUT2D eigenvalue weighted by molar-refractivity contribution is 9.10. The summed E-state index contributed by atoms with van der Waals surface area (Å²) in [6.07, 6.45) is 3.24. The summed E-state index contributed by atoms with van der Waals surface area (Å²) in [7, 11) is 0. The van der Waals surface area contributed by atoms with E-state index in [4.69, 9.17) is 11.6 Å². The lowest BCUT2D eigenvalue weighted by Crippen LogP contribution is -2.04. The minimum atomic E-state index is 0.309. The van der Waals surface area contributed by atoms with Crippen LogP contribution >= 0.6 is 27.5 Å². The molecule has 0 N–H and O–H groups in total. The van der Waals surface area contributed by atoms with Crippen LogP contribution in [0.25, 0.3) is 0 Å². The van der Waals surface area contributed by atoms with Crippen LogP contribution in [0.2, 0.25) is 0 Å². The summed E-state index contributed by atoms with van der Waals surface area (Å²) in [5, 5.41) is 0.309. The molecule has 84 valence electrons. The van der Waals surface area contributed by atoms with Gasteiger partial charge in [0.25, 0.3) is 0 Å². The molecular weight excluding hydrogens is 272 g/mol. The van der Waals surface area contributed by atoms with E-state index in [0.29, 0.717) is 11.3 Å². The summed E-state index contributed by atoms with van der Waals surface area (Å²) in [5.74, 6) is 0.690. The fraction of sp³-hybridized carbons (Fsp3) is 0.538. The molecule has 0 heterocycles. The second-order valence-corrected chi connectivity index (χ2v) is 5.93. The van der Waals surface area contributed by atoms with Crippen LogP contribution in [0.4, 0.5) is 0 Å². The van der Waals surface area contributed by atoms with E-state index in [1.54, 1.807) is 0 Å². The van der Waals surface area contributed by atoms with Gasteiger partial charge in [-0.2, -0.15) is 0 Å². The van der Waals surface area contributed by atoms with Crippen molar-refractivity contribution in [2.24, 2.45) is 5.92 Å². The molecule has 0 fully saturated rings. The van der Waals surface area contributed by atoms with Crippen molar-refractivity contribution in [2.75, 3.05) is 0 Å². The predicted octanol–water partition coefficient (Wildman–Crippen LogP) is 5.04. The Balaban J connectivity index is 2.36. The highest BCUT2D eigenvalue weighted by Gasteiger charge is 2.07. The fourth-order valence-corrected chi connectivity index (χ4v) is 2.56. The lowest BCUT2D eigenvalue weighted by molar-refractivity contribution is 0.544. The van der Waals surface area contributed by atoms with Gasteiger partial charge in [0.15, 0.2) is 0 Å². The fourth-order valence-electron chi connectivity index (χ4n) is 1.65. The molecular formula is C13H18BrCl. The van der Waals surface area contributed by atoms with E-state index in [-0.39, 0.29) is 0 Å². The number of aryl methyl sites for hydroxylation is 1. The Labute approximate surface area is 106 Å². The molecule has 1 unspecified atom stereocenters. The molecule has 1 atom stereocenters. The van der Waals surface area contributed by atoms with Crippen LogP contribution in [0.1, 0.15) is 32.3 Å². The lowest BCUT2D eigenvalue weighted by atomic mass is 10.0. The Kier molecular flexibility index (Phi) is 5.70. The highest BCUT2D eigenvalue weighted by atomic mass is 79.9. The second kappa shape index (κ2) is 6.55. The van der Waals surface area contributed by atoms with Crippen molar-refractivity contribution in [1.82, 2.24) is 0 Å². The average molecular weight is 290 g/mol. The summed E-state index contributed by atoms with van der Waals surface area (Å²) in [5.41, 5.74) is 1.36. The zero-order chi connectivity index (χ0) is 11.3. The van der Waals surface area contributed by atoms with Crippen molar-refractivity contribution in [3.05, 3.63) is 34.3 Å². The molecule has 0 aliphatic carbocycles. The summed E-state index contributed by atoms with van der Waals surface area (Å²) >= 11 is 9.73. The number of hydrogen-bond donors (Lipinski definition) is 0. The van der Waals surface area contributed by atoms with Gasteiger partial charge < -0.3 is 0 Å². The molecule has 0 saturated heterocycles. The largest absolute Gasteiger partial charge is 0.123 e. The summed E-state index contributed by atoms with van der Waals surface area (Å²) in [6.45, 7) is 4.43. The number of benzene rings is 1. The van der Waals surface area contributed by atoms with Crippen LogP contribution in [0.15, 0.2) is 28.7 Å². The van der Waals surface area contributed by atoms with Gasteiger partial charge in [-0.25, -0.2) is 0 Å². The van der Waals surface area contributed by atoms with Crippen LogP contribution in [0, 0.1) is 5.92 Å². The Morgan fingerprint density at radius 2 is 2.07 bits per heavy atom. The Morgan fingerprint density at radius 1 is 1.33 bits per heavy atom. The summed E-state index contributed by atoms with van der Waals surface area (Å²) < 4.78 is 1.15. The van der Waals surface area contributed by atoms with E-state index in [1.807, 2.05) is 0 Å². The van der Waals surface area contributed by atoms with Crippen molar-refractivity contribution in [1.29, 1.82) is 0 Å². The van der Waals surface area contributed by atoms with Crippen LogP contribution in [-0.2, 0) is 6.42 Å². The molecule has 1 aromatic rings. The molecule has 0 saturated carbocycles. The first-order chi connectivity index (χ1) is 7.08. The van der Waals surface area contributed by atoms with Crippen molar-refractivity contribution >= 4 is 27.5 Å². The molecule has 0 radical (unpaired) electrons.